The van der Waals surface area contributed by atoms with Crippen LogP contribution in [0.15, 0.2) is 60.7 Å². The molecule has 0 radical (unpaired) electrons. The van der Waals surface area contributed by atoms with Crippen LogP contribution in [0.3, 0.4) is 0 Å². The topological polar surface area (TPSA) is 58.6 Å². The normalized spacial score (nSPS) is 11.7. The van der Waals surface area contributed by atoms with E-state index in [1.807, 2.05) is 81.4 Å². The molecule has 1 atom stereocenters. The highest BCUT2D eigenvalue weighted by Crippen LogP contribution is 2.14. The molecule has 0 heterocycles. The van der Waals surface area contributed by atoms with E-state index in [4.69, 9.17) is 4.74 Å². The molecule has 0 spiro atoms. The molecular weight excluding hydrogens is 352 g/mol. The standard InChI is InChI=1S/C23H30N2O3/c1-4-21(23(27)24-15-18(2)3)25(16-19-11-7-5-8-12-19)22(26)17-28-20-13-9-6-10-14-20/h5-14,18,21H,4,15-17H2,1-3H3,(H,24,27). The number of benzene rings is 2. The van der Waals surface area contributed by atoms with Crippen LogP contribution in [-0.4, -0.2) is 35.9 Å². The number of carbonyl (C=O) groups is 2. The van der Waals surface area contributed by atoms with Gasteiger partial charge in [0.05, 0.1) is 0 Å². The Morgan fingerprint density at radius 1 is 1.00 bits per heavy atom. The van der Waals surface area contributed by atoms with Gasteiger partial charge in [-0.1, -0.05) is 69.3 Å². The van der Waals surface area contributed by atoms with Crippen molar-refractivity contribution in [3.8, 4) is 5.75 Å². The molecule has 2 aromatic carbocycles. The van der Waals surface area contributed by atoms with Crippen molar-refractivity contribution in [1.29, 1.82) is 0 Å². The number of amides is 2. The average Bonchev–Trinajstić information content (AvgIpc) is 2.71. The molecule has 5 heteroatoms. The van der Waals surface area contributed by atoms with Crippen molar-refractivity contribution in [1.82, 2.24) is 10.2 Å². The van der Waals surface area contributed by atoms with Crippen molar-refractivity contribution >= 4 is 11.8 Å². The molecule has 5 nitrogen and oxygen atoms in total. The monoisotopic (exact) mass is 382 g/mol. The predicted molar refractivity (Wildman–Crippen MR) is 111 cm³/mol. The van der Waals surface area contributed by atoms with Crippen molar-refractivity contribution in [2.45, 2.75) is 39.8 Å². The fraction of sp³-hybridized carbons (Fsp3) is 0.391. The van der Waals surface area contributed by atoms with Crippen molar-refractivity contribution < 1.29 is 14.3 Å². The van der Waals surface area contributed by atoms with Gasteiger partial charge < -0.3 is 15.0 Å². The Kier molecular flexibility index (Phi) is 8.53. The second-order valence-electron chi connectivity index (χ2n) is 7.17. The molecule has 0 saturated heterocycles. The van der Waals surface area contributed by atoms with Crippen LogP contribution in [0.1, 0.15) is 32.8 Å². The largest absolute Gasteiger partial charge is 0.484 e. The molecular formula is C23H30N2O3. The van der Waals surface area contributed by atoms with Gasteiger partial charge in [0, 0.05) is 13.1 Å². The smallest absolute Gasteiger partial charge is 0.261 e. The quantitative estimate of drug-likeness (QED) is 0.682. The Hall–Kier alpha value is -2.82. The molecule has 28 heavy (non-hydrogen) atoms. The second-order valence-corrected chi connectivity index (χ2v) is 7.17. The maximum Gasteiger partial charge on any atom is 0.261 e. The van der Waals surface area contributed by atoms with E-state index in [9.17, 15) is 9.59 Å². The van der Waals surface area contributed by atoms with Gasteiger partial charge in [-0.2, -0.15) is 0 Å². The van der Waals surface area contributed by atoms with Gasteiger partial charge in [-0.05, 0) is 30.0 Å². The summed E-state index contributed by atoms with van der Waals surface area (Å²) in [5.41, 5.74) is 0.977. The highest BCUT2D eigenvalue weighted by atomic mass is 16.5. The van der Waals surface area contributed by atoms with E-state index in [-0.39, 0.29) is 18.4 Å². The predicted octanol–water partition coefficient (Wildman–Crippen LogP) is 3.65. The summed E-state index contributed by atoms with van der Waals surface area (Å²) in [5, 5.41) is 2.95. The lowest BCUT2D eigenvalue weighted by Crippen LogP contribution is -2.50. The first-order valence-electron chi connectivity index (χ1n) is 9.80. The fourth-order valence-electron chi connectivity index (χ4n) is 2.87. The minimum absolute atomic E-state index is 0.106. The third-order valence-electron chi connectivity index (χ3n) is 4.37. The molecule has 0 aromatic heterocycles. The molecule has 1 unspecified atom stereocenters. The molecule has 1 N–H and O–H groups in total. The molecule has 0 bridgehead atoms. The summed E-state index contributed by atoms with van der Waals surface area (Å²) in [7, 11) is 0. The molecule has 0 fully saturated rings. The summed E-state index contributed by atoms with van der Waals surface area (Å²) < 4.78 is 5.64. The molecule has 0 aliphatic carbocycles. The highest BCUT2D eigenvalue weighted by molar-refractivity contribution is 5.88. The molecule has 0 saturated carbocycles. The highest BCUT2D eigenvalue weighted by Gasteiger charge is 2.28. The van der Waals surface area contributed by atoms with Crippen LogP contribution in [0.2, 0.25) is 0 Å². The van der Waals surface area contributed by atoms with Crippen molar-refractivity contribution in [3.63, 3.8) is 0 Å². The van der Waals surface area contributed by atoms with Crippen LogP contribution < -0.4 is 10.1 Å². The van der Waals surface area contributed by atoms with E-state index < -0.39 is 6.04 Å². The third kappa shape index (κ3) is 6.72. The summed E-state index contributed by atoms with van der Waals surface area (Å²) in [5.74, 6) is 0.647. The van der Waals surface area contributed by atoms with Crippen LogP contribution in [-0.2, 0) is 16.1 Å². The molecule has 2 rings (SSSR count). The number of nitrogens with one attached hydrogen (secondary N) is 1. The summed E-state index contributed by atoms with van der Waals surface area (Å²) in [6.07, 6.45) is 0.536. The lowest BCUT2D eigenvalue weighted by Gasteiger charge is -2.30. The third-order valence-corrected chi connectivity index (χ3v) is 4.37. The molecule has 2 aromatic rings. The number of ether oxygens (including phenoxy) is 1. The maximum absolute atomic E-state index is 13.0. The number of rotatable bonds is 10. The van der Waals surface area contributed by atoms with Gasteiger partial charge in [0.15, 0.2) is 6.61 Å². The zero-order valence-electron chi connectivity index (χ0n) is 16.9. The Balaban J connectivity index is 2.14. The first-order valence-corrected chi connectivity index (χ1v) is 9.80. The number of nitrogens with zero attached hydrogens (tertiary/aromatic N) is 1. The number of carbonyl (C=O) groups excluding carboxylic acids is 2. The number of hydrogen-bond acceptors (Lipinski definition) is 3. The van der Waals surface area contributed by atoms with Gasteiger partial charge in [0.2, 0.25) is 5.91 Å². The maximum atomic E-state index is 13.0. The molecule has 0 aliphatic rings. The zero-order valence-corrected chi connectivity index (χ0v) is 16.9. The summed E-state index contributed by atoms with van der Waals surface area (Å²) in [6.45, 7) is 6.85. The van der Waals surface area contributed by atoms with Crippen molar-refractivity contribution in [3.05, 3.63) is 66.2 Å². The van der Waals surface area contributed by atoms with E-state index in [0.717, 1.165) is 5.56 Å². The second kappa shape index (κ2) is 11.1. The van der Waals surface area contributed by atoms with Gasteiger partial charge in [-0.25, -0.2) is 0 Å². The zero-order chi connectivity index (χ0) is 20.4. The van der Waals surface area contributed by atoms with Gasteiger partial charge in [-0.15, -0.1) is 0 Å². The summed E-state index contributed by atoms with van der Waals surface area (Å²) in [6, 6.07) is 18.4. The first-order chi connectivity index (χ1) is 13.5. The van der Waals surface area contributed by atoms with E-state index in [1.54, 1.807) is 4.90 Å². The fourth-order valence-corrected chi connectivity index (χ4v) is 2.87. The minimum atomic E-state index is -0.536. The molecule has 0 aliphatic heterocycles. The first kappa shape index (κ1) is 21.5. The van der Waals surface area contributed by atoms with Gasteiger partial charge >= 0.3 is 0 Å². The Labute approximate surface area is 167 Å². The van der Waals surface area contributed by atoms with E-state index in [0.29, 0.717) is 31.2 Å². The lowest BCUT2D eigenvalue weighted by atomic mass is 10.1. The number of hydrogen-bond donors (Lipinski definition) is 1. The van der Waals surface area contributed by atoms with Crippen molar-refractivity contribution in [2.75, 3.05) is 13.2 Å². The van der Waals surface area contributed by atoms with Crippen LogP contribution in [0, 0.1) is 5.92 Å². The van der Waals surface area contributed by atoms with Gasteiger partial charge in [0.1, 0.15) is 11.8 Å². The molecule has 150 valence electrons. The average molecular weight is 383 g/mol. The Morgan fingerprint density at radius 3 is 2.18 bits per heavy atom. The van der Waals surface area contributed by atoms with Crippen LogP contribution in [0.25, 0.3) is 0 Å². The van der Waals surface area contributed by atoms with Crippen LogP contribution in [0.5, 0.6) is 5.75 Å². The van der Waals surface area contributed by atoms with Gasteiger partial charge in [0.25, 0.3) is 5.91 Å². The van der Waals surface area contributed by atoms with Crippen molar-refractivity contribution in [2.24, 2.45) is 5.92 Å². The van der Waals surface area contributed by atoms with Crippen LogP contribution in [0.4, 0.5) is 0 Å². The Bertz CT molecular complexity index is 732. The van der Waals surface area contributed by atoms with E-state index in [2.05, 4.69) is 5.32 Å². The lowest BCUT2D eigenvalue weighted by molar-refractivity contribution is -0.143. The number of para-hydroxylation sites is 1. The Morgan fingerprint density at radius 2 is 1.61 bits per heavy atom. The van der Waals surface area contributed by atoms with E-state index in [1.165, 1.54) is 0 Å². The van der Waals surface area contributed by atoms with E-state index >= 15 is 0 Å². The minimum Gasteiger partial charge on any atom is -0.484 e. The summed E-state index contributed by atoms with van der Waals surface area (Å²) >= 11 is 0. The summed E-state index contributed by atoms with van der Waals surface area (Å²) in [4.78, 5) is 27.3. The molecule has 2 amide bonds. The SMILES string of the molecule is CCC(C(=O)NCC(C)C)N(Cc1ccccc1)C(=O)COc1ccccc1. The van der Waals surface area contributed by atoms with Crippen LogP contribution >= 0.6 is 0 Å². The van der Waals surface area contributed by atoms with Gasteiger partial charge in [-0.3, -0.25) is 9.59 Å².